The fraction of sp³-hybridized carbons (Fsp3) is 0.267. The zero-order valence-corrected chi connectivity index (χ0v) is 12.5. The number of hydrogen-bond donors (Lipinski definition) is 3. The van der Waals surface area contributed by atoms with Gasteiger partial charge in [-0.05, 0) is 24.1 Å². The van der Waals surface area contributed by atoms with E-state index in [0.717, 1.165) is 0 Å². The smallest absolute Gasteiger partial charge is 0.314 e. The van der Waals surface area contributed by atoms with E-state index < -0.39 is 17.9 Å². The third-order valence-electron chi connectivity index (χ3n) is 3.37. The van der Waals surface area contributed by atoms with Gasteiger partial charge in [0, 0.05) is 12.6 Å². The maximum atomic E-state index is 11.6. The molecule has 9 heteroatoms. The Balaban J connectivity index is 1.45. The number of nitrogens with one attached hydrogen (secondary N) is 2. The first kappa shape index (κ1) is 15.8. The molecule has 0 unspecified atom stereocenters. The fourth-order valence-electron chi connectivity index (χ4n) is 2.14. The number of benzene rings is 1. The van der Waals surface area contributed by atoms with Crippen LogP contribution in [0.4, 0.5) is 5.82 Å². The summed E-state index contributed by atoms with van der Waals surface area (Å²) in [6.07, 6.45) is 0.705. The molecule has 0 spiro atoms. The van der Waals surface area contributed by atoms with Crippen molar-refractivity contribution in [1.29, 1.82) is 0 Å². The number of amides is 2. The van der Waals surface area contributed by atoms with Gasteiger partial charge in [0.15, 0.2) is 17.3 Å². The van der Waals surface area contributed by atoms with E-state index >= 15 is 0 Å². The molecule has 0 saturated carbocycles. The normalized spacial score (nSPS) is 13.4. The Morgan fingerprint density at radius 3 is 2.83 bits per heavy atom. The standard InChI is InChI=1S/C15H15N3O6/c19-10(9-1-2-11-12(7-9)23-8-22-11)3-5-16-14(20)15(21)17-13-4-6-24-18-13/h1-2,4,6-7,10,19H,3,5,8H2,(H,16,20)(H,17,18,21)/t10-/m1/s1. The summed E-state index contributed by atoms with van der Waals surface area (Å²) in [5, 5.41) is 18.3. The molecule has 0 aliphatic carbocycles. The number of aromatic nitrogens is 1. The van der Waals surface area contributed by atoms with E-state index in [1.807, 2.05) is 0 Å². The van der Waals surface area contributed by atoms with Gasteiger partial charge in [-0.25, -0.2) is 0 Å². The van der Waals surface area contributed by atoms with E-state index in [4.69, 9.17) is 9.47 Å². The molecule has 3 rings (SSSR count). The molecule has 9 nitrogen and oxygen atoms in total. The van der Waals surface area contributed by atoms with E-state index in [0.29, 0.717) is 17.1 Å². The van der Waals surface area contributed by atoms with E-state index in [1.165, 1.54) is 12.3 Å². The Bertz CT molecular complexity index is 731. The molecule has 0 fully saturated rings. The first-order chi connectivity index (χ1) is 11.6. The molecule has 1 aliphatic heterocycles. The second-order valence-corrected chi connectivity index (χ2v) is 5.01. The van der Waals surface area contributed by atoms with E-state index in [1.54, 1.807) is 18.2 Å². The molecular weight excluding hydrogens is 318 g/mol. The lowest BCUT2D eigenvalue weighted by atomic mass is 10.1. The van der Waals surface area contributed by atoms with Crippen molar-refractivity contribution in [2.24, 2.45) is 0 Å². The fourth-order valence-corrected chi connectivity index (χ4v) is 2.14. The van der Waals surface area contributed by atoms with Gasteiger partial charge in [0.1, 0.15) is 6.26 Å². The third-order valence-corrected chi connectivity index (χ3v) is 3.37. The van der Waals surface area contributed by atoms with Gasteiger partial charge < -0.3 is 24.4 Å². The molecule has 1 atom stereocenters. The van der Waals surface area contributed by atoms with Gasteiger partial charge in [-0.2, -0.15) is 0 Å². The van der Waals surface area contributed by atoms with Crippen molar-refractivity contribution >= 4 is 17.6 Å². The Morgan fingerprint density at radius 1 is 1.21 bits per heavy atom. The predicted octanol–water partition coefficient (Wildman–Crippen LogP) is 0.582. The van der Waals surface area contributed by atoms with Crippen LogP contribution in [-0.4, -0.2) is 35.4 Å². The quantitative estimate of drug-likeness (QED) is 0.684. The van der Waals surface area contributed by atoms with Crippen LogP contribution in [-0.2, 0) is 9.59 Å². The van der Waals surface area contributed by atoms with Gasteiger partial charge in [-0.15, -0.1) is 0 Å². The number of carbonyl (C=O) groups is 2. The third kappa shape index (κ3) is 3.63. The average Bonchev–Trinajstić information content (AvgIpc) is 3.24. The highest BCUT2D eigenvalue weighted by atomic mass is 16.7. The second-order valence-electron chi connectivity index (χ2n) is 5.01. The molecule has 3 N–H and O–H groups in total. The number of anilines is 1. The number of carbonyl (C=O) groups excluding carboxylic acids is 2. The summed E-state index contributed by atoms with van der Waals surface area (Å²) >= 11 is 0. The summed E-state index contributed by atoms with van der Waals surface area (Å²) in [5.41, 5.74) is 0.639. The zero-order valence-electron chi connectivity index (χ0n) is 12.5. The van der Waals surface area contributed by atoms with Crippen molar-refractivity contribution in [2.45, 2.75) is 12.5 Å². The van der Waals surface area contributed by atoms with Crippen LogP contribution in [0.5, 0.6) is 11.5 Å². The Hall–Kier alpha value is -3.07. The summed E-state index contributed by atoms with van der Waals surface area (Å²) in [5.74, 6) is -0.334. The van der Waals surface area contributed by atoms with Gasteiger partial charge in [-0.3, -0.25) is 14.9 Å². The number of hydrogen-bond acceptors (Lipinski definition) is 7. The van der Waals surface area contributed by atoms with Crippen LogP contribution in [0.15, 0.2) is 35.1 Å². The topological polar surface area (TPSA) is 123 Å². The Labute approximate surface area is 136 Å². The van der Waals surface area contributed by atoms with Gasteiger partial charge in [0.25, 0.3) is 0 Å². The number of fused-ring (bicyclic) bond motifs is 1. The highest BCUT2D eigenvalue weighted by Gasteiger charge is 2.18. The lowest BCUT2D eigenvalue weighted by Gasteiger charge is -2.12. The number of rotatable bonds is 5. The van der Waals surface area contributed by atoms with Gasteiger partial charge >= 0.3 is 11.8 Å². The number of nitrogens with zero attached hydrogens (tertiary/aromatic N) is 1. The summed E-state index contributed by atoms with van der Waals surface area (Å²) in [6.45, 7) is 0.284. The van der Waals surface area contributed by atoms with Crippen molar-refractivity contribution in [3.05, 3.63) is 36.1 Å². The summed E-state index contributed by atoms with van der Waals surface area (Å²) in [4.78, 5) is 23.2. The van der Waals surface area contributed by atoms with Crippen LogP contribution in [0.3, 0.4) is 0 Å². The molecule has 0 saturated heterocycles. The molecule has 0 radical (unpaired) electrons. The van der Waals surface area contributed by atoms with Crippen LogP contribution >= 0.6 is 0 Å². The van der Waals surface area contributed by atoms with Crippen LogP contribution in [0.2, 0.25) is 0 Å². The van der Waals surface area contributed by atoms with Crippen LogP contribution in [0, 0.1) is 0 Å². The number of ether oxygens (including phenoxy) is 2. The molecule has 24 heavy (non-hydrogen) atoms. The molecular formula is C15H15N3O6. The van der Waals surface area contributed by atoms with Crippen molar-refractivity contribution in [1.82, 2.24) is 10.5 Å². The van der Waals surface area contributed by atoms with E-state index in [-0.39, 0.29) is 25.6 Å². The van der Waals surface area contributed by atoms with E-state index in [2.05, 4.69) is 20.3 Å². The maximum Gasteiger partial charge on any atom is 0.314 e. The minimum absolute atomic E-state index is 0.126. The van der Waals surface area contributed by atoms with Crippen LogP contribution in [0.1, 0.15) is 18.1 Å². The van der Waals surface area contributed by atoms with Gasteiger partial charge in [0.2, 0.25) is 6.79 Å². The van der Waals surface area contributed by atoms with Crippen molar-refractivity contribution < 1.29 is 28.7 Å². The van der Waals surface area contributed by atoms with Gasteiger partial charge in [-0.1, -0.05) is 11.2 Å². The monoisotopic (exact) mass is 333 g/mol. The molecule has 2 amide bonds. The molecule has 0 bridgehead atoms. The first-order valence-electron chi connectivity index (χ1n) is 7.20. The van der Waals surface area contributed by atoms with Crippen molar-refractivity contribution in [3.63, 3.8) is 0 Å². The van der Waals surface area contributed by atoms with Gasteiger partial charge in [0.05, 0.1) is 6.10 Å². The summed E-state index contributed by atoms with van der Waals surface area (Å²) < 4.78 is 15.0. The van der Waals surface area contributed by atoms with Crippen LogP contribution < -0.4 is 20.1 Å². The lowest BCUT2D eigenvalue weighted by molar-refractivity contribution is -0.136. The van der Waals surface area contributed by atoms with Crippen molar-refractivity contribution in [3.8, 4) is 11.5 Å². The zero-order chi connectivity index (χ0) is 16.9. The SMILES string of the molecule is O=C(NCC[C@@H](O)c1ccc2c(c1)OCO2)C(=O)Nc1ccon1. The summed E-state index contributed by atoms with van der Waals surface area (Å²) in [7, 11) is 0. The number of aliphatic hydroxyl groups is 1. The highest BCUT2D eigenvalue weighted by molar-refractivity contribution is 6.39. The molecule has 2 heterocycles. The predicted molar refractivity (Wildman–Crippen MR) is 80.3 cm³/mol. The van der Waals surface area contributed by atoms with Crippen molar-refractivity contribution in [2.75, 3.05) is 18.7 Å². The average molecular weight is 333 g/mol. The summed E-state index contributed by atoms with van der Waals surface area (Å²) in [6, 6.07) is 6.53. The minimum Gasteiger partial charge on any atom is -0.454 e. The molecule has 1 aliphatic rings. The Kier molecular flexibility index (Phi) is 4.62. The Morgan fingerprint density at radius 2 is 2.04 bits per heavy atom. The lowest BCUT2D eigenvalue weighted by Crippen LogP contribution is -2.36. The maximum absolute atomic E-state index is 11.6. The number of aliphatic hydroxyl groups excluding tert-OH is 1. The first-order valence-corrected chi connectivity index (χ1v) is 7.20. The second kappa shape index (κ2) is 7.01. The molecule has 1 aromatic heterocycles. The molecule has 1 aromatic carbocycles. The largest absolute Gasteiger partial charge is 0.454 e. The molecule has 126 valence electrons. The highest BCUT2D eigenvalue weighted by Crippen LogP contribution is 2.34. The van der Waals surface area contributed by atoms with Crippen LogP contribution in [0.25, 0.3) is 0 Å². The molecule has 2 aromatic rings. The van der Waals surface area contributed by atoms with E-state index in [9.17, 15) is 14.7 Å². The minimum atomic E-state index is -0.860.